The molecule has 0 saturated carbocycles. The van der Waals surface area contributed by atoms with Gasteiger partial charge in [0, 0.05) is 11.8 Å². The molecule has 0 fully saturated rings. The maximum absolute atomic E-state index is 13.8. The molecule has 0 aliphatic rings. The van der Waals surface area contributed by atoms with E-state index < -0.39 is 33.7 Å². The number of rotatable bonds is 3. The van der Waals surface area contributed by atoms with Gasteiger partial charge in [-0.15, -0.1) is 0 Å². The smallest absolute Gasteiger partial charge is 0.416 e. The summed E-state index contributed by atoms with van der Waals surface area (Å²) in [6.07, 6.45) is -3.46. The molecule has 2 aromatic rings. The third-order valence-electron chi connectivity index (χ3n) is 3.17. The molecule has 0 spiro atoms. The van der Waals surface area contributed by atoms with Crippen molar-refractivity contribution in [1.82, 2.24) is 4.98 Å². The molecule has 1 atom stereocenters. The van der Waals surface area contributed by atoms with Gasteiger partial charge in [0.1, 0.15) is 27.6 Å². The van der Waals surface area contributed by atoms with Gasteiger partial charge in [-0.25, -0.2) is 4.39 Å². The molecule has 0 N–H and O–H groups in total. The van der Waals surface area contributed by atoms with E-state index in [1.807, 2.05) is 0 Å². The molecule has 0 aliphatic heterocycles. The Balaban J connectivity index is 2.67. The van der Waals surface area contributed by atoms with Gasteiger partial charge in [0.05, 0.1) is 16.3 Å². The minimum Gasteiger partial charge on any atom is -0.591 e. The van der Waals surface area contributed by atoms with Crippen molar-refractivity contribution in [3.63, 3.8) is 0 Å². The molecule has 1 heterocycles. The first-order valence-electron chi connectivity index (χ1n) is 7.39. The zero-order valence-electron chi connectivity index (χ0n) is 14.1. The van der Waals surface area contributed by atoms with Crippen LogP contribution < -0.4 is 0 Å². The standard InChI is InChI=1S/C17H15ClF4N2OS/c1-16(2,3)26(25)24-15(14-5-4-12(18)9-23-14)10-6-11(17(20,21)22)8-13(19)7-10/h4-9H,1-3H3/t26-/m1/s1. The van der Waals surface area contributed by atoms with Crippen LogP contribution in [0, 0.1) is 5.82 Å². The van der Waals surface area contributed by atoms with Crippen molar-refractivity contribution in [3.05, 3.63) is 64.2 Å². The molecule has 1 aromatic carbocycles. The van der Waals surface area contributed by atoms with Gasteiger partial charge in [-0.1, -0.05) is 16.0 Å². The number of halogens is 5. The third kappa shape index (κ3) is 5.18. The summed E-state index contributed by atoms with van der Waals surface area (Å²) in [4.78, 5) is 4.01. The van der Waals surface area contributed by atoms with Crippen LogP contribution in [0.2, 0.25) is 5.02 Å². The van der Waals surface area contributed by atoms with Crippen molar-refractivity contribution >= 4 is 28.7 Å². The minimum atomic E-state index is -4.74. The lowest BCUT2D eigenvalue weighted by Gasteiger charge is -2.19. The topological polar surface area (TPSA) is 48.3 Å². The van der Waals surface area contributed by atoms with Crippen LogP contribution in [-0.2, 0) is 17.5 Å². The Hall–Kier alpha value is -1.64. The highest BCUT2D eigenvalue weighted by atomic mass is 35.5. The van der Waals surface area contributed by atoms with Gasteiger partial charge in [0.25, 0.3) is 0 Å². The van der Waals surface area contributed by atoms with Crippen LogP contribution >= 0.6 is 11.6 Å². The highest BCUT2D eigenvalue weighted by molar-refractivity contribution is 7.91. The summed E-state index contributed by atoms with van der Waals surface area (Å²) in [5.41, 5.74) is -1.33. The van der Waals surface area contributed by atoms with E-state index in [4.69, 9.17) is 11.6 Å². The fourth-order valence-corrected chi connectivity index (χ4v) is 2.62. The molecule has 3 nitrogen and oxygen atoms in total. The Morgan fingerprint density at radius 1 is 1.15 bits per heavy atom. The van der Waals surface area contributed by atoms with Crippen LogP contribution in [0.3, 0.4) is 0 Å². The highest BCUT2D eigenvalue weighted by Crippen LogP contribution is 2.31. The maximum atomic E-state index is 13.8. The van der Waals surface area contributed by atoms with Gasteiger partial charge >= 0.3 is 6.18 Å². The van der Waals surface area contributed by atoms with Crippen LogP contribution in [0.4, 0.5) is 17.6 Å². The predicted octanol–water partition coefficient (Wildman–Crippen LogP) is 5.19. The molecule has 1 aromatic heterocycles. The Labute approximate surface area is 156 Å². The SMILES string of the molecule is CC(C)(C)[S@@+]([O-])N=C(c1cc(F)cc(C(F)(F)F)c1)c1ccc(Cl)cn1. The molecular weight excluding hydrogens is 392 g/mol. The van der Waals surface area contributed by atoms with Crippen LogP contribution in [0.15, 0.2) is 40.9 Å². The molecular formula is C17H15ClF4N2OS. The monoisotopic (exact) mass is 406 g/mol. The predicted molar refractivity (Wildman–Crippen MR) is 94.2 cm³/mol. The van der Waals surface area contributed by atoms with Gasteiger partial charge in [-0.05, 0) is 51.1 Å². The van der Waals surface area contributed by atoms with Gasteiger partial charge in [0.15, 0.2) is 0 Å². The zero-order valence-corrected chi connectivity index (χ0v) is 15.6. The molecule has 0 radical (unpaired) electrons. The molecule has 0 aliphatic carbocycles. The van der Waals surface area contributed by atoms with E-state index in [2.05, 4.69) is 9.38 Å². The summed E-state index contributed by atoms with van der Waals surface area (Å²) >= 11 is 3.98. The molecule has 140 valence electrons. The van der Waals surface area contributed by atoms with Crippen molar-refractivity contribution in [1.29, 1.82) is 0 Å². The van der Waals surface area contributed by atoms with E-state index in [-0.39, 0.29) is 17.0 Å². The normalized spacial score (nSPS) is 14.4. The molecule has 0 unspecified atom stereocenters. The van der Waals surface area contributed by atoms with Gasteiger partial charge in [0.2, 0.25) is 0 Å². The summed E-state index contributed by atoms with van der Waals surface area (Å²) < 4.78 is 68.5. The fourth-order valence-electron chi connectivity index (χ4n) is 1.87. The maximum Gasteiger partial charge on any atom is 0.416 e. The molecule has 0 amide bonds. The average molecular weight is 407 g/mol. The van der Waals surface area contributed by atoms with E-state index in [0.717, 1.165) is 12.1 Å². The van der Waals surface area contributed by atoms with Gasteiger partial charge in [-0.2, -0.15) is 13.2 Å². The van der Waals surface area contributed by atoms with E-state index in [9.17, 15) is 22.1 Å². The summed E-state index contributed by atoms with van der Waals surface area (Å²) in [6.45, 7) is 4.98. The fraction of sp³-hybridized carbons (Fsp3) is 0.294. The second-order valence-corrected chi connectivity index (χ2v) is 8.73. The first-order valence-corrected chi connectivity index (χ1v) is 8.87. The Morgan fingerprint density at radius 2 is 1.81 bits per heavy atom. The number of alkyl halides is 3. The van der Waals surface area contributed by atoms with Crippen molar-refractivity contribution in [3.8, 4) is 0 Å². The van der Waals surface area contributed by atoms with E-state index in [1.165, 1.54) is 18.3 Å². The quantitative estimate of drug-likeness (QED) is 0.400. The van der Waals surface area contributed by atoms with Crippen molar-refractivity contribution in [2.75, 3.05) is 0 Å². The van der Waals surface area contributed by atoms with Crippen molar-refractivity contribution in [2.24, 2.45) is 4.40 Å². The zero-order chi connectivity index (χ0) is 19.7. The summed E-state index contributed by atoms with van der Waals surface area (Å²) in [5, 5.41) is 0.306. The Kier molecular flexibility index (Phi) is 5.99. The van der Waals surface area contributed by atoms with Crippen LogP contribution in [0.25, 0.3) is 0 Å². The van der Waals surface area contributed by atoms with E-state index in [0.29, 0.717) is 11.1 Å². The summed E-state index contributed by atoms with van der Waals surface area (Å²) in [6, 6.07) is 4.90. The van der Waals surface area contributed by atoms with Crippen LogP contribution in [0.5, 0.6) is 0 Å². The molecule has 0 saturated heterocycles. The van der Waals surface area contributed by atoms with E-state index >= 15 is 0 Å². The molecule has 9 heteroatoms. The lowest BCUT2D eigenvalue weighted by atomic mass is 10.0. The number of pyridine rings is 1. The van der Waals surface area contributed by atoms with Gasteiger partial charge < -0.3 is 4.55 Å². The lowest BCUT2D eigenvalue weighted by Crippen LogP contribution is -2.27. The lowest BCUT2D eigenvalue weighted by molar-refractivity contribution is -0.137. The number of hydrogen-bond donors (Lipinski definition) is 0. The van der Waals surface area contributed by atoms with Crippen molar-refractivity contribution in [2.45, 2.75) is 31.7 Å². The van der Waals surface area contributed by atoms with Crippen LogP contribution in [-0.4, -0.2) is 20.0 Å². The number of benzene rings is 1. The van der Waals surface area contributed by atoms with E-state index in [1.54, 1.807) is 20.8 Å². The first-order chi connectivity index (χ1) is 11.9. The largest absolute Gasteiger partial charge is 0.591 e. The highest BCUT2D eigenvalue weighted by Gasteiger charge is 2.33. The average Bonchev–Trinajstić information content (AvgIpc) is 2.51. The Morgan fingerprint density at radius 3 is 2.31 bits per heavy atom. The number of hydrogen-bond acceptors (Lipinski definition) is 3. The second kappa shape index (κ2) is 7.54. The minimum absolute atomic E-state index is 0.111. The van der Waals surface area contributed by atoms with Gasteiger partial charge in [-0.3, -0.25) is 4.98 Å². The molecule has 2 rings (SSSR count). The summed E-state index contributed by atoms with van der Waals surface area (Å²) in [5.74, 6) is -1.09. The molecule has 0 bridgehead atoms. The second-order valence-electron chi connectivity index (χ2n) is 6.39. The number of aromatic nitrogens is 1. The first kappa shape index (κ1) is 20.7. The number of nitrogens with zero attached hydrogens (tertiary/aromatic N) is 2. The van der Waals surface area contributed by atoms with Crippen molar-refractivity contribution < 1.29 is 22.1 Å². The summed E-state index contributed by atoms with van der Waals surface area (Å²) in [7, 11) is 0. The van der Waals surface area contributed by atoms with Crippen LogP contribution in [0.1, 0.15) is 37.6 Å². The third-order valence-corrected chi connectivity index (χ3v) is 4.79. The molecule has 26 heavy (non-hydrogen) atoms. The Bertz CT molecular complexity index is 817.